The number of carbonyl (C=O) groups excluding carboxylic acids is 1. The predicted octanol–water partition coefficient (Wildman–Crippen LogP) is 14.0. The van der Waals surface area contributed by atoms with Gasteiger partial charge in [-0.15, -0.1) is 0 Å². The molecular formula is C48H95NO4. The Morgan fingerprint density at radius 3 is 1.04 bits per heavy atom. The summed E-state index contributed by atoms with van der Waals surface area (Å²) in [5, 5.41) is 33.2. The number of hydrogen-bond donors (Lipinski definition) is 4. The second-order valence-corrected chi connectivity index (χ2v) is 16.7. The van der Waals surface area contributed by atoms with Gasteiger partial charge < -0.3 is 20.6 Å². The van der Waals surface area contributed by atoms with E-state index in [1.165, 1.54) is 212 Å². The van der Waals surface area contributed by atoms with E-state index < -0.39 is 24.2 Å². The van der Waals surface area contributed by atoms with Crippen LogP contribution in [0.25, 0.3) is 0 Å². The molecule has 1 amide bonds. The van der Waals surface area contributed by atoms with E-state index >= 15 is 0 Å². The van der Waals surface area contributed by atoms with E-state index in [0.717, 1.165) is 32.1 Å². The zero-order valence-corrected chi connectivity index (χ0v) is 35.9. The minimum absolute atomic E-state index is 0.359. The van der Waals surface area contributed by atoms with Crippen molar-refractivity contribution in [3.63, 3.8) is 0 Å². The van der Waals surface area contributed by atoms with Crippen molar-refractivity contribution in [1.29, 1.82) is 0 Å². The second-order valence-electron chi connectivity index (χ2n) is 16.7. The molecule has 0 aliphatic heterocycles. The maximum absolute atomic E-state index is 12.5. The lowest BCUT2D eigenvalue weighted by Gasteiger charge is -2.21. The molecule has 5 heteroatoms. The molecule has 0 rings (SSSR count). The Kier molecular flexibility index (Phi) is 43.1. The lowest BCUT2D eigenvalue weighted by atomic mass is 10.0. The zero-order valence-electron chi connectivity index (χ0n) is 35.9. The van der Waals surface area contributed by atoms with Gasteiger partial charge in [-0.1, -0.05) is 257 Å². The molecule has 5 nitrogen and oxygen atoms in total. The summed E-state index contributed by atoms with van der Waals surface area (Å²) < 4.78 is 0. The molecule has 4 N–H and O–H groups in total. The smallest absolute Gasteiger partial charge is 0.249 e. The SMILES string of the molecule is CCCCCCCCCCCCCCCCCC/C=C/C(O)C(CO)NC(=O)C(O)CCCCCCCCCCCCCCCCCCCCCCC. The fraction of sp³-hybridized carbons (Fsp3) is 0.938. The normalized spacial score (nSPS) is 13.5. The first-order chi connectivity index (χ1) is 26.1. The summed E-state index contributed by atoms with van der Waals surface area (Å²) in [6.45, 7) is 4.21. The van der Waals surface area contributed by atoms with Crippen LogP contribution in [-0.2, 0) is 4.79 Å². The highest BCUT2D eigenvalue weighted by atomic mass is 16.3. The van der Waals surface area contributed by atoms with E-state index in [1.807, 2.05) is 6.08 Å². The lowest BCUT2D eigenvalue weighted by molar-refractivity contribution is -0.131. The number of unbranched alkanes of at least 4 members (excludes halogenated alkanes) is 36. The van der Waals surface area contributed by atoms with Crippen molar-refractivity contribution >= 4 is 5.91 Å². The van der Waals surface area contributed by atoms with Gasteiger partial charge in [-0.2, -0.15) is 0 Å². The first-order valence-corrected chi connectivity index (χ1v) is 24.0. The first kappa shape index (κ1) is 52.1. The highest BCUT2D eigenvalue weighted by Crippen LogP contribution is 2.17. The van der Waals surface area contributed by atoms with Crippen LogP contribution in [0.2, 0.25) is 0 Å². The molecular weight excluding hydrogens is 655 g/mol. The molecule has 3 atom stereocenters. The molecule has 0 spiro atoms. The molecule has 0 fully saturated rings. The fourth-order valence-corrected chi connectivity index (χ4v) is 7.60. The van der Waals surface area contributed by atoms with Gasteiger partial charge in [0.2, 0.25) is 5.91 Å². The van der Waals surface area contributed by atoms with Crippen LogP contribution in [0, 0.1) is 0 Å². The van der Waals surface area contributed by atoms with Gasteiger partial charge in [-0.05, 0) is 19.3 Å². The maximum atomic E-state index is 12.5. The lowest BCUT2D eigenvalue weighted by Crippen LogP contribution is -2.48. The summed E-state index contributed by atoms with van der Waals surface area (Å²) >= 11 is 0. The van der Waals surface area contributed by atoms with Crippen molar-refractivity contribution in [2.45, 2.75) is 283 Å². The number of hydrogen-bond acceptors (Lipinski definition) is 4. The van der Waals surface area contributed by atoms with Gasteiger partial charge in [-0.25, -0.2) is 0 Å². The van der Waals surface area contributed by atoms with E-state index in [4.69, 9.17) is 0 Å². The molecule has 0 aromatic rings. The zero-order chi connectivity index (χ0) is 38.7. The van der Waals surface area contributed by atoms with Crippen LogP contribution in [0.1, 0.15) is 264 Å². The Balaban J connectivity index is 3.60. The molecule has 316 valence electrons. The molecule has 0 bridgehead atoms. The minimum Gasteiger partial charge on any atom is -0.394 e. The number of amides is 1. The van der Waals surface area contributed by atoms with Crippen LogP contribution in [0.3, 0.4) is 0 Å². The van der Waals surface area contributed by atoms with Gasteiger partial charge in [0, 0.05) is 0 Å². The molecule has 0 aliphatic rings. The van der Waals surface area contributed by atoms with Gasteiger partial charge in [0.25, 0.3) is 0 Å². The van der Waals surface area contributed by atoms with Gasteiger partial charge in [0.15, 0.2) is 0 Å². The van der Waals surface area contributed by atoms with Crippen LogP contribution in [0.4, 0.5) is 0 Å². The van der Waals surface area contributed by atoms with Gasteiger partial charge >= 0.3 is 0 Å². The highest BCUT2D eigenvalue weighted by Gasteiger charge is 2.22. The van der Waals surface area contributed by atoms with Crippen molar-refractivity contribution in [3.8, 4) is 0 Å². The monoisotopic (exact) mass is 750 g/mol. The van der Waals surface area contributed by atoms with Crippen molar-refractivity contribution in [2.24, 2.45) is 0 Å². The summed E-state index contributed by atoms with van der Waals surface area (Å²) in [5.74, 6) is -0.498. The topological polar surface area (TPSA) is 89.8 Å². The third-order valence-corrected chi connectivity index (χ3v) is 11.4. The number of carbonyl (C=O) groups is 1. The largest absolute Gasteiger partial charge is 0.394 e. The molecule has 3 unspecified atom stereocenters. The number of nitrogens with one attached hydrogen (secondary N) is 1. The molecule has 0 saturated heterocycles. The summed E-state index contributed by atoms with van der Waals surface area (Å²) in [7, 11) is 0. The summed E-state index contributed by atoms with van der Waals surface area (Å²) in [6, 6.07) is -0.793. The van der Waals surface area contributed by atoms with Gasteiger partial charge in [0.05, 0.1) is 18.8 Å². The Morgan fingerprint density at radius 2 is 0.736 bits per heavy atom. The van der Waals surface area contributed by atoms with Crippen LogP contribution in [0.15, 0.2) is 12.2 Å². The molecule has 53 heavy (non-hydrogen) atoms. The van der Waals surface area contributed by atoms with Crippen molar-refractivity contribution in [3.05, 3.63) is 12.2 Å². The van der Waals surface area contributed by atoms with Crippen LogP contribution >= 0.6 is 0 Å². The fourth-order valence-electron chi connectivity index (χ4n) is 7.60. The first-order valence-electron chi connectivity index (χ1n) is 24.0. The summed E-state index contributed by atoms with van der Waals surface area (Å²) in [4.78, 5) is 12.5. The van der Waals surface area contributed by atoms with Crippen molar-refractivity contribution < 1.29 is 20.1 Å². The quantitative estimate of drug-likeness (QED) is 0.0369. The summed E-state index contributed by atoms with van der Waals surface area (Å²) in [6.07, 6.45) is 52.5. The number of allylic oxidation sites excluding steroid dienone is 1. The molecule has 0 heterocycles. The Morgan fingerprint density at radius 1 is 0.453 bits per heavy atom. The van der Waals surface area contributed by atoms with Gasteiger partial charge in [-0.3, -0.25) is 4.79 Å². The third kappa shape index (κ3) is 39.1. The molecule has 0 saturated carbocycles. The van der Waals surface area contributed by atoms with Gasteiger partial charge in [0.1, 0.15) is 6.10 Å². The van der Waals surface area contributed by atoms with Crippen molar-refractivity contribution in [1.82, 2.24) is 5.32 Å². The second kappa shape index (κ2) is 43.8. The van der Waals surface area contributed by atoms with Crippen LogP contribution < -0.4 is 5.32 Å². The van der Waals surface area contributed by atoms with Crippen LogP contribution in [0.5, 0.6) is 0 Å². The Labute approximate surface area is 331 Å². The van der Waals surface area contributed by atoms with E-state index in [9.17, 15) is 20.1 Å². The minimum atomic E-state index is -1.09. The van der Waals surface area contributed by atoms with E-state index in [2.05, 4.69) is 19.2 Å². The highest BCUT2D eigenvalue weighted by molar-refractivity contribution is 5.80. The third-order valence-electron chi connectivity index (χ3n) is 11.4. The van der Waals surface area contributed by atoms with Crippen molar-refractivity contribution in [2.75, 3.05) is 6.61 Å². The van der Waals surface area contributed by atoms with E-state index in [-0.39, 0.29) is 6.61 Å². The molecule has 0 aromatic carbocycles. The standard InChI is InChI=1S/C48H95NO4/c1-3-5-7-9-11-13-15-17-19-21-23-24-25-27-29-31-33-35-37-39-41-43-47(52)48(53)49-45(44-50)46(51)42-40-38-36-34-32-30-28-26-22-20-18-16-14-12-10-8-6-4-2/h40,42,45-47,50-52H,3-39,41,43-44H2,1-2H3,(H,49,53)/b42-40+. The maximum Gasteiger partial charge on any atom is 0.249 e. The Hall–Kier alpha value is -0.910. The average molecular weight is 750 g/mol. The number of aliphatic hydroxyl groups excluding tert-OH is 3. The van der Waals surface area contributed by atoms with E-state index in [0.29, 0.717) is 6.42 Å². The Bertz CT molecular complexity index is 743. The van der Waals surface area contributed by atoms with E-state index in [1.54, 1.807) is 6.08 Å². The molecule has 0 aliphatic carbocycles. The van der Waals surface area contributed by atoms with Crippen LogP contribution in [-0.4, -0.2) is 46.1 Å². The number of aliphatic hydroxyl groups is 3. The predicted molar refractivity (Wildman–Crippen MR) is 232 cm³/mol. The summed E-state index contributed by atoms with van der Waals surface area (Å²) in [5.41, 5.74) is 0. The molecule has 0 radical (unpaired) electrons. The number of rotatable bonds is 44. The molecule has 0 aromatic heterocycles. The average Bonchev–Trinajstić information content (AvgIpc) is 3.16.